The Morgan fingerprint density at radius 1 is 1.35 bits per heavy atom. The van der Waals surface area contributed by atoms with Crippen molar-refractivity contribution < 1.29 is 14.6 Å². The molecule has 1 aromatic heterocycles. The van der Waals surface area contributed by atoms with Gasteiger partial charge in [-0.05, 0) is 44.6 Å². The number of aliphatic hydroxyl groups is 1. The first-order valence-electron chi connectivity index (χ1n) is 9.47. The van der Waals surface area contributed by atoms with Crippen LogP contribution in [0, 0.1) is 5.92 Å². The molecule has 3 rings (SSSR count). The van der Waals surface area contributed by atoms with Crippen LogP contribution in [0.3, 0.4) is 0 Å². The van der Waals surface area contributed by atoms with E-state index in [9.17, 15) is 9.90 Å². The minimum atomic E-state index is -0.683. The van der Waals surface area contributed by atoms with E-state index in [0.717, 1.165) is 25.0 Å². The van der Waals surface area contributed by atoms with E-state index in [4.69, 9.17) is 10.5 Å². The number of nitrogens with zero attached hydrogens (tertiary/aromatic N) is 3. The highest BCUT2D eigenvalue weighted by molar-refractivity contribution is 5.92. The number of carbonyl (C=O) groups excluding carboxylic acids is 1. The van der Waals surface area contributed by atoms with Crippen LogP contribution in [0.2, 0.25) is 0 Å². The van der Waals surface area contributed by atoms with Gasteiger partial charge in [0.15, 0.2) is 0 Å². The molecule has 1 spiro atoms. The number of likely N-dealkylation sites (tertiary alicyclic amines) is 1. The summed E-state index contributed by atoms with van der Waals surface area (Å²) in [4.78, 5) is 23.1. The minimum Gasteiger partial charge on any atom is -0.390 e. The molecule has 26 heavy (non-hydrogen) atoms. The third-order valence-electron chi connectivity index (χ3n) is 5.35. The molecule has 0 radical (unpaired) electrons. The summed E-state index contributed by atoms with van der Waals surface area (Å²) in [6, 6.07) is 1.75. The Morgan fingerprint density at radius 2 is 2.04 bits per heavy atom. The third-order valence-corrected chi connectivity index (χ3v) is 5.35. The number of carbonyl (C=O) groups is 1. The van der Waals surface area contributed by atoms with Crippen molar-refractivity contribution in [2.24, 2.45) is 5.92 Å². The summed E-state index contributed by atoms with van der Waals surface area (Å²) in [6.07, 6.45) is 3.51. The SMILES string of the molecule is CC(C)Cc1cc(C(=O)N2CCC3(CC2)CC(C)(O)CCO3)nc(N)n1. The second-order valence-electron chi connectivity index (χ2n) is 8.45. The van der Waals surface area contributed by atoms with E-state index in [2.05, 4.69) is 23.8 Å². The molecule has 7 heteroatoms. The molecular weight excluding hydrogens is 332 g/mol. The zero-order valence-electron chi connectivity index (χ0n) is 16.0. The second-order valence-corrected chi connectivity index (χ2v) is 8.45. The quantitative estimate of drug-likeness (QED) is 0.850. The van der Waals surface area contributed by atoms with Crippen LogP contribution in [-0.2, 0) is 11.2 Å². The predicted octanol–water partition coefficient (Wildman–Crippen LogP) is 1.79. The van der Waals surface area contributed by atoms with E-state index in [1.165, 1.54) is 0 Å². The molecule has 2 fully saturated rings. The molecule has 1 unspecified atom stereocenters. The van der Waals surface area contributed by atoms with Crippen LogP contribution in [-0.4, -0.2) is 56.8 Å². The van der Waals surface area contributed by atoms with Crippen LogP contribution in [0.25, 0.3) is 0 Å². The number of anilines is 1. The summed E-state index contributed by atoms with van der Waals surface area (Å²) in [6.45, 7) is 7.83. The fourth-order valence-electron chi connectivity index (χ4n) is 4.07. The van der Waals surface area contributed by atoms with Crippen molar-refractivity contribution in [1.29, 1.82) is 0 Å². The first kappa shape index (κ1) is 19.0. The number of hydrogen-bond donors (Lipinski definition) is 2. The van der Waals surface area contributed by atoms with Gasteiger partial charge in [0.25, 0.3) is 5.91 Å². The lowest BCUT2D eigenvalue weighted by Crippen LogP contribution is -2.54. The van der Waals surface area contributed by atoms with E-state index in [1.807, 2.05) is 6.92 Å². The Labute approximate surface area is 155 Å². The molecule has 0 aliphatic carbocycles. The van der Waals surface area contributed by atoms with Crippen molar-refractivity contribution in [3.63, 3.8) is 0 Å². The molecule has 1 amide bonds. The van der Waals surface area contributed by atoms with Crippen molar-refractivity contribution in [3.8, 4) is 0 Å². The highest BCUT2D eigenvalue weighted by atomic mass is 16.5. The van der Waals surface area contributed by atoms with Gasteiger partial charge in [-0.15, -0.1) is 0 Å². The maximum Gasteiger partial charge on any atom is 0.272 e. The number of rotatable bonds is 3. The Balaban J connectivity index is 1.68. The molecule has 0 bridgehead atoms. The molecule has 1 aromatic rings. The number of ether oxygens (including phenoxy) is 1. The van der Waals surface area contributed by atoms with Crippen molar-refractivity contribution in [3.05, 3.63) is 17.5 Å². The molecule has 1 atom stereocenters. The Kier molecular flexibility index (Phi) is 5.21. The van der Waals surface area contributed by atoms with Crippen LogP contribution in [0.4, 0.5) is 5.95 Å². The lowest BCUT2D eigenvalue weighted by atomic mass is 9.78. The van der Waals surface area contributed by atoms with Crippen LogP contribution < -0.4 is 5.73 Å². The zero-order valence-corrected chi connectivity index (χ0v) is 16.0. The van der Waals surface area contributed by atoms with Gasteiger partial charge in [-0.2, -0.15) is 0 Å². The van der Waals surface area contributed by atoms with Gasteiger partial charge in [-0.25, -0.2) is 9.97 Å². The van der Waals surface area contributed by atoms with Gasteiger partial charge in [-0.1, -0.05) is 13.8 Å². The fraction of sp³-hybridized carbons (Fsp3) is 0.737. The molecular formula is C19H30N4O3. The van der Waals surface area contributed by atoms with Gasteiger partial charge >= 0.3 is 0 Å². The van der Waals surface area contributed by atoms with E-state index >= 15 is 0 Å². The monoisotopic (exact) mass is 362 g/mol. The maximum atomic E-state index is 12.9. The molecule has 3 N–H and O–H groups in total. The van der Waals surface area contributed by atoms with Crippen LogP contribution >= 0.6 is 0 Å². The molecule has 0 aromatic carbocycles. The molecule has 2 saturated heterocycles. The summed E-state index contributed by atoms with van der Waals surface area (Å²) < 4.78 is 6.01. The maximum absolute atomic E-state index is 12.9. The molecule has 144 valence electrons. The largest absolute Gasteiger partial charge is 0.390 e. The highest BCUT2D eigenvalue weighted by Gasteiger charge is 2.45. The minimum absolute atomic E-state index is 0.110. The zero-order chi connectivity index (χ0) is 18.9. The summed E-state index contributed by atoms with van der Waals surface area (Å²) in [5.74, 6) is 0.464. The number of amides is 1. The molecule has 0 saturated carbocycles. The Morgan fingerprint density at radius 3 is 2.65 bits per heavy atom. The average Bonchev–Trinajstić information content (AvgIpc) is 2.52. The lowest BCUT2D eigenvalue weighted by Gasteiger charge is -2.48. The summed E-state index contributed by atoms with van der Waals surface area (Å²) in [5, 5.41) is 10.4. The number of hydrogen-bond acceptors (Lipinski definition) is 6. The van der Waals surface area contributed by atoms with E-state index in [0.29, 0.717) is 44.1 Å². The Bertz CT molecular complexity index is 667. The van der Waals surface area contributed by atoms with E-state index < -0.39 is 5.60 Å². The van der Waals surface area contributed by atoms with Crippen LogP contribution in [0.5, 0.6) is 0 Å². The van der Waals surface area contributed by atoms with Gasteiger partial charge in [-0.3, -0.25) is 4.79 Å². The fourth-order valence-corrected chi connectivity index (χ4v) is 4.07. The molecule has 3 heterocycles. The van der Waals surface area contributed by atoms with Crippen molar-refractivity contribution in [2.45, 2.75) is 64.1 Å². The molecule has 2 aliphatic rings. The summed E-state index contributed by atoms with van der Waals surface area (Å²) >= 11 is 0. The number of aromatic nitrogens is 2. The van der Waals surface area contributed by atoms with Crippen LogP contribution in [0.15, 0.2) is 6.07 Å². The van der Waals surface area contributed by atoms with E-state index in [1.54, 1.807) is 11.0 Å². The smallest absolute Gasteiger partial charge is 0.272 e. The lowest BCUT2D eigenvalue weighted by molar-refractivity contribution is -0.170. The molecule has 7 nitrogen and oxygen atoms in total. The van der Waals surface area contributed by atoms with Crippen LogP contribution in [0.1, 0.15) is 62.6 Å². The number of nitrogen functional groups attached to an aromatic ring is 1. The number of nitrogens with two attached hydrogens (primary N) is 1. The average molecular weight is 362 g/mol. The van der Waals surface area contributed by atoms with Gasteiger partial charge in [0.1, 0.15) is 5.69 Å². The first-order valence-corrected chi connectivity index (χ1v) is 9.47. The van der Waals surface area contributed by atoms with Crippen molar-refractivity contribution in [1.82, 2.24) is 14.9 Å². The first-order chi connectivity index (χ1) is 12.2. The predicted molar refractivity (Wildman–Crippen MR) is 98.7 cm³/mol. The van der Waals surface area contributed by atoms with Gasteiger partial charge < -0.3 is 20.5 Å². The van der Waals surface area contributed by atoms with Gasteiger partial charge in [0, 0.05) is 25.2 Å². The van der Waals surface area contributed by atoms with Crippen molar-refractivity contribution >= 4 is 11.9 Å². The molecule has 2 aliphatic heterocycles. The highest BCUT2D eigenvalue weighted by Crippen LogP contribution is 2.39. The van der Waals surface area contributed by atoms with Gasteiger partial charge in [0.05, 0.1) is 17.8 Å². The topological polar surface area (TPSA) is 102 Å². The summed E-state index contributed by atoms with van der Waals surface area (Å²) in [7, 11) is 0. The van der Waals surface area contributed by atoms with Crippen molar-refractivity contribution in [2.75, 3.05) is 25.4 Å². The standard InChI is InChI=1S/C19H30N4O3/c1-13(2)10-14-11-15(22-17(20)21-14)16(24)23-7-4-19(5-8-23)12-18(3,25)6-9-26-19/h11,13,25H,4-10,12H2,1-3H3,(H2,20,21,22). The van der Waals surface area contributed by atoms with E-state index in [-0.39, 0.29) is 17.5 Å². The normalized spacial score (nSPS) is 25.7. The number of piperidine rings is 1. The second kappa shape index (κ2) is 7.12. The Hall–Kier alpha value is -1.73. The third kappa shape index (κ3) is 4.32. The van der Waals surface area contributed by atoms with Gasteiger partial charge in [0.2, 0.25) is 5.95 Å². The summed E-state index contributed by atoms with van der Waals surface area (Å²) in [5.41, 5.74) is 5.97.